The molecule has 2 amide bonds. The summed E-state index contributed by atoms with van der Waals surface area (Å²) in [5.41, 5.74) is 0.345. The number of nitrogens with zero attached hydrogens (tertiary/aromatic N) is 3. The van der Waals surface area contributed by atoms with Crippen molar-refractivity contribution in [1.82, 2.24) is 15.5 Å². The third-order valence-corrected chi connectivity index (χ3v) is 2.77. The van der Waals surface area contributed by atoms with E-state index in [4.69, 9.17) is 9.63 Å². The number of amides is 2. The SMILES string of the molecule is Cc1nc(CNC(=O)N(C)c2ccccc2C(=O)O)no1. The molecule has 0 aliphatic carbocycles. The molecule has 0 saturated heterocycles. The van der Waals surface area contributed by atoms with Gasteiger partial charge in [-0.15, -0.1) is 0 Å². The van der Waals surface area contributed by atoms with Crippen LogP contribution in [0.4, 0.5) is 10.5 Å². The third kappa shape index (κ3) is 3.35. The molecule has 1 aromatic heterocycles. The minimum atomic E-state index is -1.10. The van der Waals surface area contributed by atoms with Gasteiger partial charge in [0.15, 0.2) is 5.82 Å². The first-order chi connectivity index (χ1) is 9.99. The van der Waals surface area contributed by atoms with E-state index in [1.165, 1.54) is 18.0 Å². The number of aromatic nitrogens is 2. The first kappa shape index (κ1) is 14.5. The molecule has 8 nitrogen and oxygen atoms in total. The van der Waals surface area contributed by atoms with Crippen molar-refractivity contribution in [3.05, 3.63) is 41.5 Å². The molecule has 0 aliphatic heterocycles. The molecular weight excluding hydrogens is 276 g/mol. The Morgan fingerprint density at radius 1 is 1.38 bits per heavy atom. The predicted octanol–water partition coefficient (Wildman–Crippen LogP) is 1.42. The Kier molecular flexibility index (Phi) is 4.17. The van der Waals surface area contributed by atoms with Gasteiger partial charge >= 0.3 is 12.0 Å². The summed E-state index contributed by atoms with van der Waals surface area (Å²) in [5.74, 6) is -0.344. The van der Waals surface area contributed by atoms with Gasteiger partial charge in [0.25, 0.3) is 0 Å². The quantitative estimate of drug-likeness (QED) is 0.881. The number of aromatic carboxylic acids is 1. The van der Waals surface area contributed by atoms with Crippen LogP contribution in [0, 0.1) is 6.92 Å². The van der Waals surface area contributed by atoms with Crippen molar-refractivity contribution in [2.24, 2.45) is 0 Å². The number of hydrogen-bond acceptors (Lipinski definition) is 5. The monoisotopic (exact) mass is 290 g/mol. The number of nitrogens with one attached hydrogen (secondary N) is 1. The lowest BCUT2D eigenvalue weighted by atomic mass is 10.1. The number of carbonyl (C=O) groups is 2. The number of hydrogen-bond donors (Lipinski definition) is 2. The fraction of sp³-hybridized carbons (Fsp3) is 0.231. The lowest BCUT2D eigenvalue weighted by Gasteiger charge is -2.19. The lowest BCUT2D eigenvalue weighted by molar-refractivity contribution is 0.0697. The number of para-hydroxylation sites is 1. The Bertz CT molecular complexity index is 668. The molecule has 2 aromatic rings. The van der Waals surface area contributed by atoms with Gasteiger partial charge in [-0.2, -0.15) is 4.98 Å². The molecule has 0 spiro atoms. The molecule has 2 rings (SSSR count). The van der Waals surface area contributed by atoms with Crippen LogP contribution in [-0.2, 0) is 6.54 Å². The maximum Gasteiger partial charge on any atom is 0.337 e. The standard InChI is InChI=1S/C13H14N4O4/c1-8-15-11(16-21-8)7-14-13(20)17(2)10-6-4-3-5-9(10)12(18)19/h3-6H,7H2,1-2H3,(H,14,20)(H,18,19). The van der Waals surface area contributed by atoms with Crippen molar-refractivity contribution in [2.75, 3.05) is 11.9 Å². The number of aryl methyl sites for hydroxylation is 1. The highest BCUT2D eigenvalue weighted by Gasteiger charge is 2.18. The highest BCUT2D eigenvalue weighted by Crippen LogP contribution is 2.19. The van der Waals surface area contributed by atoms with Crippen LogP contribution in [-0.4, -0.2) is 34.3 Å². The summed E-state index contributed by atoms with van der Waals surface area (Å²) in [5, 5.41) is 15.4. The maximum absolute atomic E-state index is 12.0. The van der Waals surface area contributed by atoms with Crippen LogP contribution in [0.2, 0.25) is 0 Å². The van der Waals surface area contributed by atoms with Crippen LogP contribution in [0.25, 0.3) is 0 Å². The highest BCUT2D eigenvalue weighted by atomic mass is 16.5. The van der Waals surface area contributed by atoms with E-state index in [2.05, 4.69) is 15.5 Å². The fourth-order valence-corrected chi connectivity index (χ4v) is 1.74. The second kappa shape index (κ2) is 6.04. The van der Waals surface area contributed by atoms with Gasteiger partial charge in [0.2, 0.25) is 5.89 Å². The summed E-state index contributed by atoms with van der Waals surface area (Å²) in [4.78, 5) is 28.3. The van der Waals surface area contributed by atoms with Crippen molar-refractivity contribution >= 4 is 17.7 Å². The highest BCUT2D eigenvalue weighted by molar-refractivity contribution is 6.01. The van der Waals surface area contributed by atoms with Gasteiger partial charge in [0.05, 0.1) is 17.8 Å². The third-order valence-electron chi connectivity index (χ3n) is 2.77. The minimum absolute atomic E-state index is 0.0468. The van der Waals surface area contributed by atoms with Crippen LogP contribution < -0.4 is 10.2 Å². The molecular formula is C13H14N4O4. The largest absolute Gasteiger partial charge is 0.478 e. The van der Waals surface area contributed by atoms with Crippen LogP contribution in [0.1, 0.15) is 22.1 Å². The van der Waals surface area contributed by atoms with E-state index in [1.54, 1.807) is 25.1 Å². The van der Waals surface area contributed by atoms with Gasteiger partial charge in [-0.05, 0) is 12.1 Å². The number of rotatable bonds is 4. The van der Waals surface area contributed by atoms with E-state index >= 15 is 0 Å². The van der Waals surface area contributed by atoms with Gasteiger partial charge in [0.1, 0.15) is 0 Å². The van der Waals surface area contributed by atoms with Gasteiger partial charge in [-0.3, -0.25) is 4.90 Å². The Balaban J connectivity index is 2.07. The Hall–Kier alpha value is -2.90. The minimum Gasteiger partial charge on any atom is -0.478 e. The van der Waals surface area contributed by atoms with E-state index in [1.807, 2.05) is 0 Å². The normalized spacial score (nSPS) is 10.2. The van der Waals surface area contributed by atoms with E-state index in [-0.39, 0.29) is 12.1 Å². The molecule has 0 radical (unpaired) electrons. The fourth-order valence-electron chi connectivity index (χ4n) is 1.74. The summed E-state index contributed by atoms with van der Waals surface area (Å²) in [6.07, 6.45) is 0. The zero-order valence-corrected chi connectivity index (χ0v) is 11.5. The van der Waals surface area contributed by atoms with Crippen molar-refractivity contribution in [3.8, 4) is 0 Å². The van der Waals surface area contributed by atoms with Crippen LogP contribution >= 0.6 is 0 Å². The first-order valence-electron chi connectivity index (χ1n) is 6.12. The molecule has 2 N–H and O–H groups in total. The summed E-state index contributed by atoms with van der Waals surface area (Å²) in [6.45, 7) is 1.74. The van der Waals surface area contributed by atoms with E-state index < -0.39 is 12.0 Å². The molecule has 0 saturated carbocycles. The Labute approximate surface area is 120 Å². The van der Waals surface area contributed by atoms with Gasteiger partial charge in [-0.1, -0.05) is 17.3 Å². The molecule has 1 aromatic carbocycles. The Morgan fingerprint density at radius 3 is 2.71 bits per heavy atom. The second-order valence-electron chi connectivity index (χ2n) is 4.27. The molecule has 0 fully saturated rings. The van der Waals surface area contributed by atoms with Crippen molar-refractivity contribution < 1.29 is 19.2 Å². The first-order valence-corrected chi connectivity index (χ1v) is 6.12. The van der Waals surface area contributed by atoms with Gasteiger partial charge < -0.3 is 14.9 Å². The number of urea groups is 1. The average molecular weight is 290 g/mol. The smallest absolute Gasteiger partial charge is 0.337 e. The van der Waals surface area contributed by atoms with Gasteiger partial charge in [-0.25, -0.2) is 9.59 Å². The summed E-state index contributed by atoms with van der Waals surface area (Å²) >= 11 is 0. The topological polar surface area (TPSA) is 109 Å². The zero-order valence-electron chi connectivity index (χ0n) is 11.5. The molecule has 0 aliphatic rings. The second-order valence-corrected chi connectivity index (χ2v) is 4.27. The average Bonchev–Trinajstić information content (AvgIpc) is 2.89. The molecule has 110 valence electrons. The number of anilines is 1. The Morgan fingerprint density at radius 2 is 2.10 bits per heavy atom. The number of carboxylic acid groups (broad SMARTS) is 1. The van der Waals surface area contributed by atoms with Crippen LogP contribution in [0.5, 0.6) is 0 Å². The van der Waals surface area contributed by atoms with E-state index in [9.17, 15) is 9.59 Å². The molecule has 0 bridgehead atoms. The zero-order chi connectivity index (χ0) is 15.4. The maximum atomic E-state index is 12.0. The van der Waals surface area contributed by atoms with Crippen molar-refractivity contribution in [1.29, 1.82) is 0 Å². The number of carbonyl (C=O) groups excluding carboxylic acids is 1. The van der Waals surface area contributed by atoms with Crippen molar-refractivity contribution in [2.45, 2.75) is 13.5 Å². The van der Waals surface area contributed by atoms with E-state index in [0.29, 0.717) is 17.4 Å². The molecule has 1 heterocycles. The molecule has 0 unspecified atom stereocenters. The van der Waals surface area contributed by atoms with Crippen LogP contribution in [0.3, 0.4) is 0 Å². The number of benzene rings is 1. The predicted molar refractivity (Wildman–Crippen MR) is 73.1 cm³/mol. The van der Waals surface area contributed by atoms with E-state index in [0.717, 1.165) is 0 Å². The number of carboxylic acids is 1. The molecule has 8 heteroatoms. The van der Waals surface area contributed by atoms with Crippen LogP contribution in [0.15, 0.2) is 28.8 Å². The summed E-state index contributed by atoms with van der Waals surface area (Å²) < 4.78 is 4.79. The van der Waals surface area contributed by atoms with Gasteiger partial charge in [0, 0.05) is 14.0 Å². The summed E-state index contributed by atoms with van der Waals surface area (Å²) in [6, 6.07) is 5.78. The molecule has 21 heavy (non-hydrogen) atoms. The summed E-state index contributed by atoms with van der Waals surface area (Å²) in [7, 11) is 1.48. The van der Waals surface area contributed by atoms with Crippen molar-refractivity contribution in [3.63, 3.8) is 0 Å². The molecule has 0 atom stereocenters. The lowest BCUT2D eigenvalue weighted by Crippen LogP contribution is -2.37.